The van der Waals surface area contributed by atoms with Gasteiger partial charge in [-0.25, -0.2) is 14.4 Å². The Hall–Kier alpha value is -2.68. The predicted molar refractivity (Wildman–Crippen MR) is 112 cm³/mol. The number of nitrogens with zero attached hydrogens (tertiary/aromatic N) is 2. The number of aromatic nitrogens is 2. The van der Waals surface area contributed by atoms with Crippen LogP contribution in [0, 0.1) is 11.7 Å². The molecule has 3 aromatic rings. The molecule has 0 spiro atoms. The minimum atomic E-state index is -0.417. The van der Waals surface area contributed by atoms with E-state index >= 15 is 0 Å². The maximum Gasteiger partial charge on any atom is 0.257 e. The monoisotopic (exact) mass is 414 g/mol. The lowest BCUT2D eigenvalue weighted by Crippen LogP contribution is -2.36. The Bertz CT molecular complexity index is 963. The zero-order valence-corrected chi connectivity index (χ0v) is 17.0. The van der Waals surface area contributed by atoms with Gasteiger partial charge in [-0.05, 0) is 30.2 Å². The fraction of sp³-hybridized carbons (Fsp3) is 0.286. The van der Waals surface area contributed by atoms with Gasteiger partial charge in [-0.15, -0.1) is 11.3 Å². The molecule has 0 bridgehead atoms. The van der Waals surface area contributed by atoms with Crippen molar-refractivity contribution in [2.75, 3.05) is 11.9 Å². The van der Waals surface area contributed by atoms with Gasteiger partial charge >= 0.3 is 0 Å². The Labute approximate surface area is 172 Å². The third-order valence-corrected chi connectivity index (χ3v) is 5.21. The summed E-state index contributed by atoms with van der Waals surface area (Å²) in [7, 11) is 0. The molecule has 0 aliphatic rings. The van der Waals surface area contributed by atoms with Crippen molar-refractivity contribution in [3.05, 3.63) is 65.0 Å². The van der Waals surface area contributed by atoms with E-state index in [2.05, 4.69) is 20.6 Å². The first kappa shape index (κ1) is 21.0. The maximum atomic E-state index is 14.2. The molecule has 152 valence electrons. The Balaban J connectivity index is 1.79. The standard InChI is InChI=1S/C21H23FN4O2S/c1-13(2)19(12-27)24-11-18-16(22)6-7-17(25-18)14-4-3-5-15(10-14)20(28)26-21-23-8-9-29-21/h3-10,13,19,24,27H,11-12H2,1-2H3,(H,23,26,28)/t19-/m0/s1. The quantitative estimate of drug-likeness (QED) is 0.523. The number of pyridine rings is 1. The fourth-order valence-electron chi connectivity index (χ4n) is 2.78. The normalized spacial score (nSPS) is 12.2. The van der Waals surface area contributed by atoms with Crippen molar-refractivity contribution in [2.45, 2.75) is 26.4 Å². The van der Waals surface area contributed by atoms with Gasteiger partial charge in [-0.2, -0.15) is 0 Å². The first-order valence-corrected chi connectivity index (χ1v) is 10.2. The zero-order valence-electron chi connectivity index (χ0n) is 16.2. The zero-order chi connectivity index (χ0) is 20.8. The lowest BCUT2D eigenvalue weighted by atomic mass is 10.0. The lowest BCUT2D eigenvalue weighted by molar-refractivity contribution is 0.102. The summed E-state index contributed by atoms with van der Waals surface area (Å²) >= 11 is 1.34. The molecule has 1 atom stereocenters. The minimum Gasteiger partial charge on any atom is -0.395 e. The summed E-state index contributed by atoms with van der Waals surface area (Å²) in [4.78, 5) is 20.9. The third-order valence-electron chi connectivity index (χ3n) is 4.53. The molecule has 0 fully saturated rings. The number of aliphatic hydroxyl groups excluding tert-OH is 1. The number of aliphatic hydroxyl groups is 1. The predicted octanol–water partition coefficient (Wildman–Crippen LogP) is 3.70. The average molecular weight is 415 g/mol. The number of hydrogen-bond acceptors (Lipinski definition) is 6. The summed E-state index contributed by atoms with van der Waals surface area (Å²) in [5.41, 5.74) is 2.00. The van der Waals surface area contributed by atoms with E-state index in [0.717, 1.165) is 0 Å². The van der Waals surface area contributed by atoms with Gasteiger partial charge in [0.05, 0.1) is 18.0 Å². The second-order valence-electron chi connectivity index (χ2n) is 6.91. The van der Waals surface area contributed by atoms with E-state index in [1.54, 1.807) is 35.8 Å². The highest BCUT2D eigenvalue weighted by Crippen LogP contribution is 2.21. The molecule has 0 aliphatic carbocycles. The Morgan fingerprint density at radius 2 is 2.10 bits per heavy atom. The van der Waals surface area contributed by atoms with E-state index in [0.29, 0.717) is 22.0 Å². The van der Waals surface area contributed by atoms with Crippen molar-refractivity contribution < 1.29 is 14.3 Å². The van der Waals surface area contributed by atoms with Crippen molar-refractivity contribution >= 4 is 22.4 Å². The molecule has 2 heterocycles. The van der Waals surface area contributed by atoms with Crippen LogP contribution < -0.4 is 10.6 Å². The Morgan fingerprint density at radius 1 is 1.28 bits per heavy atom. The van der Waals surface area contributed by atoms with Gasteiger partial charge in [0.25, 0.3) is 5.91 Å². The van der Waals surface area contributed by atoms with Crippen molar-refractivity contribution in [3.63, 3.8) is 0 Å². The van der Waals surface area contributed by atoms with Crippen LogP contribution in [-0.4, -0.2) is 33.6 Å². The topological polar surface area (TPSA) is 87.1 Å². The average Bonchev–Trinajstić information content (AvgIpc) is 3.22. The number of carbonyl (C=O) groups excluding carboxylic acids is 1. The minimum absolute atomic E-state index is 0.0325. The van der Waals surface area contributed by atoms with Crippen molar-refractivity contribution in [1.82, 2.24) is 15.3 Å². The second-order valence-corrected chi connectivity index (χ2v) is 7.81. The molecule has 0 saturated carbocycles. The summed E-state index contributed by atoms with van der Waals surface area (Å²) in [5.74, 6) is -0.479. The van der Waals surface area contributed by atoms with E-state index in [9.17, 15) is 14.3 Å². The molecular formula is C21H23FN4O2S. The van der Waals surface area contributed by atoms with Gasteiger partial charge in [-0.3, -0.25) is 10.1 Å². The van der Waals surface area contributed by atoms with Crippen LogP contribution in [0.1, 0.15) is 29.9 Å². The van der Waals surface area contributed by atoms with E-state index in [4.69, 9.17) is 0 Å². The molecule has 29 heavy (non-hydrogen) atoms. The van der Waals surface area contributed by atoms with Crippen LogP contribution in [0.25, 0.3) is 11.3 Å². The molecule has 2 aromatic heterocycles. The van der Waals surface area contributed by atoms with Gasteiger partial charge < -0.3 is 10.4 Å². The van der Waals surface area contributed by atoms with E-state index < -0.39 is 5.82 Å². The summed E-state index contributed by atoms with van der Waals surface area (Å²) in [6.45, 7) is 4.13. The molecule has 3 rings (SSSR count). The van der Waals surface area contributed by atoms with Crippen LogP contribution >= 0.6 is 11.3 Å². The molecule has 0 aliphatic heterocycles. The van der Waals surface area contributed by atoms with Crippen LogP contribution in [0.15, 0.2) is 48.0 Å². The number of halogens is 1. The van der Waals surface area contributed by atoms with E-state index in [1.165, 1.54) is 17.4 Å². The molecular weight excluding hydrogens is 391 g/mol. The number of nitrogens with one attached hydrogen (secondary N) is 2. The summed E-state index contributed by atoms with van der Waals surface area (Å²) < 4.78 is 14.2. The number of amides is 1. The van der Waals surface area contributed by atoms with Gasteiger partial charge in [0.2, 0.25) is 0 Å². The SMILES string of the molecule is CC(C)[C@H](CO)NCc1nc(-c2cccc(C(=O)Nc3nccs3)c2)ccc1F. The van der Waals surface area contributed by atoms with E-state index in [-0.39, 0.29) is 36.7 Å². The molecule has 0 saturated heterocycles. The second kappa shape index (κ2) is 9.69. The molecule has 3 N–H and O–H groups in total. The van der Waals surface area contributed by atoms with Crippen LogP contribution in [0.2, 0.25) is 0 Å². The summed E-state index contributed by atoms with van der Waals surface area (Å²) in [5, 5.41) is 17.6. The van der Waals surface area contributed by atoms with Gasteiger partial charge in [-0.1, -0.05) is 26.0 Å². The molecule has 0 unspecified atom stereocenters. The van der Waals surface area contributed by atoms with Crippen LogP contribution in [0.3, 0.4) is 0 Å². The smallest absolute Gasteiger partial charge is 0.257 e. The summed E-state index contributed by atoms with van der Waals surface area (Å²) in [6.07, 6.45) is 1.62. The lowest BCUT2D eigenvalue weighted by Gasteiger charge is -2.20. The highest BCUT2D eigenvalue weighted by Gasteiger charge is 2.15. The number of anilines is 1. The maximum absolute atomic E-state index is 14.2. The molecule has 0 radical (unpaired) electrons. The molecule has 6 nitrogen and oxygen atoms in total. The number of hydrogen-bond donors (Lipinski definition) is 3. The number of carbonyl (C=O) groups is 1. The highest BCUT2D eigenvalue weighted by atomic mass is 32.1. The van der Waals surface area contributed by atoms with Crippen molar-refractivity contribution in [1.29, 1.82) is 0 Å². The number of thiazole rings is 1. The van der Waals surface area contributed by atoms with Gasteiger partial charge in [0.1, 0.15) is 5.82 Å². The largest absolute Gasteiger partial charge is 0.395 e. The van der Waals surface area contributed by atoms with E-state index in [1.807, 2.05) is 19.9 Å². The Kier molecular flexibility index (Phi) is 7.03. The fourth-order valence-corrected chi connectivity index (χ4v) is 3.31. The summed E-state index contributed by atoms with van der Waals surface area (Å²) in [6, 6.07) is 9.81. The number of rotatable bonds is 8. The van der Waals surface area contributed by atoms with Gasteiger partial charge in [0, 0.05) is 35.3 Å². The Morgan fingerprint density at radius 3 is 2.79 bits per heavy atom. The molecule has 8 heteroatoms. The van der Waals surface area contributed by atoms with Gasteiger partial charge in [0.15, 0.2) is 5.13 Å². The molecule has 1 aromatic carbocycles. The van der Waals surface area contributed by atoms with Crippen LogP contribution in [0.4, 0.5) is 9.52 Å². The van der Waals surface area contributed by atoms with Crippen molar-refractivity contribution in [3.8, 4) is 11.3 Å². The van der Waals surface area contributed by atoms with Crippen LogP contribution in [-0.2, 0) is 6.54 Å². The van der Waals surface area contributed by atoms with Crippen molar-refractivity contribution in [2.24, 2.45) is 5.92 Å². The first-order chi connectivity index (χ1) is 14.0. The third kappa shape index (κ3) is 5.44. The van der Waals surface area contributed by atoms with Crippen LogP contribution in [0.5, 0.6) is 0 Å². The number of benzene rings is 1. The first-order valence-electron chi connectivity index (χ1n) is 9.29. The molecule has 1 amide bonds. The highest BCUT2D eigenvalue weighted by molar-refractivity contribution is 7.13.